The van der Waals surface area contributed by atoms with Gasteiger partial charge in [0.05, 0.1) is 6.04 Å². The van der Waals surface area contributed by atoms with Crippen LogP contribution < -0.4 is 5.32 Å². The first-order valence-corrected chi connectivity index (χ1v) is 21.1. The van der Waals surface area contributed by atoms with Gasteiger partial charge in [0.25, 0.3) is 0 Å². The smallest absolute Gasteiger partial charge is 0.0519 e. The minimum absolute atomic E-state index is 0.0904. The average molecular weight is 714 g/mol. The summed E-state index contributed by atoms with van der Waals surface area (Å²) >= 11 is 0. The molecule has 55 heavy (non-hydrogen) atoms. The highest BCUT2D eigenvalue weighted by molar-refractivity contribution is 5.86. The molecule has 272 valence electrons. The second-order valence-electron chi connectivity index (χ2n) is 17.5. The summed E-state index contributed by atoms with van der Waals surface area (Å²) in [7, 11) is 0. The fourth-order valence-corrected chi connectivity index (χ4v) is 12.0. The van der Waals surface area contributed by atoms with E-state index < -0.39 is 0 Å². The molecule has 5 aromatic rings. The zero-order valence-electron chi connectivity index (χ0n) is 32.4. The van der Waals surface area contributed by atoms with Gasteiger partial charge in [-0.05, 0) is 128 Å². The Balaban J connectivity index is 1.08. The number of hydrogen-bond donors (Lipinski definition) is 1. The van der Waals surface area contributed by atoms with Crippen LogP contribution in [0.4, 0.5) is 0 Å². The van der Waals surface area contributed by atoms with Gasteiger partial charge in [0.15, 0.2) is 0 Å². The molecule has 5 aliphatic carbocycles. The SMILES string of the molecule is CCC12Cc3ccccc3Cc3cc(C(C)C4C5=C(C=CCC5)c5ccccc54)ccc3-c3cc(C4C(C)c5ccccc5C5C=CC=CC54)ccc3C1N2. The zero-order valence-corrected chi connectivity index (χ0v) is 32.4. The summed E-state index contributed by atoms with van der Waals surface area (Å²) in [6.45, 7) is 7.35. The van der Waals surface area contributed by atoms with Gasteiger partial charge in [0.1, 0.15) is 0 Å². The molecule has 8 unspecified atom stereocenters. The summed E-state index contributed by atoms with van der Waals surface area (Å²) in [5.41, 5.74) is 20.9. The summed E-state index contributed by atoms with van der Waals surface area (Å²) in [6, 6.07) is 43.4. The largest absolute Gasteiger partial charge is 0.301 e. The van der Waals surface area contributed by atoms with Crippen molar-refractivity contribution in [1.29, 1.82) is 0 Å². The Hall–Kier alpha value is -4.98. The molecule has 0 radical (unpaired) electrons. The Labute approximate surface area is 327 Å². The van der Waals surface area contributed by atoms with Gasteiger partial charge < -0.3 is 5.32 Å². The number of benzene rings is 5. The van der Waals surface area contributed by atoms with Gasteiger partial charge in [-0.2, -0.15) is 0 Å². The van der Waals surface area contributed by atoms with Crippen molar-refractivity contribution in [3.8, 4) is 11.1 Å². The van der Waals surface area contributed by atoms with E-state index in [0.29, 0.717) is 41.5 Å². The van der Waals surface area contributed by atoms with E-state index in [0.717, 1.165) is 32.1 Å². The lowest BCUT2D eigenvalue weighted by Crippen LogP contribution is -2.30. The number of nitrogens with one attached hydrogen (secondary N) is 1. The highest BCUT2D eigenvalue weighted by Crippen LogP contribution is 2.56. The normalized spacial score (nSPS) is 28.4. The Morgan fingerprint density at radius 3 is 2.38 bits per heavy atom. The van der Waals surface area contributed by atoms with Crippen molar-refractivity contribution in [2.24, 2.45) is 5.92 Å². The second-order valence-corrected chi connectivity index (χ2v) is 17.5. The molecular weight excluding hydrogens is 663 g/mol. The van der Waals surface area contributed by atoms with E-state index in [1.165, 1.54) is 72.3 Å². The van der Waals surface area contributed by atoms with Gasteiger partial charge in [0.2, 0.25) is 0 Å². The summed E-state index contributed by atoms with van der Waals surface area (Å²) in [5.74, 6) is 2.49. The molecule has 1 heteroatoms. The van der Waals surface area contributed by atoms with Gasteiger partial charge in [0, 0.05) is 17.4 Å². The molecule has 6 aliphatic rings. The third-order valence-corrected chi connectivity index (χ3v) is 14.9. The predicted octanol–water partition coefficient (Wildman–Crippen LogP) is 13.0. The van der Waals surface area contributed by atoms with Crippen molar-refractivity contribution in [1.82, 2.24) is 5.32 Å². The third-order valence-electron chi connectivity index (χ3n) is 14.9. The molecule has 1 saturated heterocycles. The number of hydrogen-bond acceptors (Lipinski definition) is 1. The van der Waals surface area contributed by atoms with Crippen LogP contribution in [0.3, 0.4) is 0 Å². The summed E-state index contributed by atoms with van der Waals surface area (Å²) < 4.78 is 0. The third kappa shape index (κ3) is 5.15. The van der Waals surface area contributed by atoms with Gasteiger partial charge in [-0.15, -0.1) is 0 Å². The Morgan fingerprint density at radius 2 is 1.51 bits per heavy atom. The number of fused-ring (bicyclic) bond motifs is 11. The molecule has 0 aromatic heterocycles. The Bertz CT molecular complexity index is 2490. The van der Waals surface area contributed by atoms with E-state index in [-0.39, 0.29) is 5.54 Å². The monoisotopic (exact) mass is 713 g/mol. The lowest BCUT2D eigenvalue weighted by molar-refractivity contribution is 0.381. The summed E-state index contributed by atoms with van der Waals surface area (Å²) in [5, 5.41) is 4.09. The van der Waals surface area contributed by atoms with Gasteiger partial charge in [-0.1, -0.05) is 172 Å². The van der Waals surface area contributed by atoms with Crippen molar-refractivity contribution in [3.05, 3.63) is 207 Å². The minimum Gasteiger partial charge on any atom is -0.301 e. The molecule has 0 bridgehead atoms. The van der Waals surface area contributed by atoms with Crippen LogP contribution in [-0.2, 0) is 12.8 Å². The molecule has 1 heterocycles. The quantitative estimate of drug-likeness (QED) is 0.184. The zero-order chi connectivity index (χ0) is 36.8. The molecule has 1 N–H and O–H groups in total. The maximum absolute atomic E-state index is 4.09. The minimum atomic E-state index is 0.0904. The Morgan fingerprint density at radius 1 is 0.727 bits per heavy atom. The van der Waals surface area contributed by atoms with Crippen LogP contribution in [0.15, 0.2) is 151 Å². The topological polar surface area (TPSA) is 21.9 Å². The first-order chi connectivity index (χ1) is 27.0. The van der Waals surface area contributed by atoms with E-state index in [1.54, 1.807) is 5.57 Å². The molecule has 0 saturated carbocycles. The molecule has 0 amide bonds. The Kier molecular flexibility index (Phi) is 7.76. The highest BCUT2D eigenvalue weighted by Gasteiger charge is 2.54. The van der Waals surface area contributed by atoms with E-state index in [1.807, 2.05) is 0 Å². The standard InChI is InChI=1S/C54H51N/c1-4-54-32-38-16-6-5-15-36(38)30-39-29-35(33(2)52-47-23-13-10-20-44(47)45-21-11-14-24-48(45)52)25-27-41(39)50-31-37(26-28-49(50)53(54)55-54)51-34(3)40-17-7-8-18-42(40)43-19-9-12-22-46(43)51/h5-13,15-23,25-29,31,33-34,43,46,51-53,55H,4,14,24,30,32H2,1-3H3. The van der Waals surface area contributed by atoms with Crippen LogP contribution >= 0.6 is 0 Å². The molecule has 1 aliphatic heterocycles. The van der Waals surface area contributed by atoms with Crippen molar-refractivity contribution in [2.45, 2.75) is 94.0 Å². The van der Waals surface area contributed by atoms with Crippen molar-refractivity contribution >= 4 is 5.57 Å². The van der Waals surface area contributed by atoms with Gasteiger partial charge in [-0.25, -0.2) is 0 Å². The van der Waals surface area contributed by atoms with E-state index >= 15 is 0 Å². The van der Waals surface area contributed by atoms with E-state index in [4.69, 9.17) is 0 Å². The first-order valence-electron chi connectivity index (χ1n) is 21.1. The first kappa shape index (κ1) is 33.4. The van der Waals surface area contributed by atoms with Crippen LogP contribution in [0.1, 0.15) is 131 Å². The van der Waals surface area contributed by atoms with E-state index in [9.17, 15) is 0 Å². The molecule has 5 aromatic carbocycles. The van der Waals surface area contributed by atoms with Crippen LogP contribution in [0, 0.1) is 5.92 Å². The maximum Gasteiger partial charge on any atom is 0.0519 e. The fourth-order valence-electron chi connectivity index (χ4n) is 12.0. The van der Waals surface area contributed by atoms with Crippen LogP contribution in [0.25, 0.3) is 16.7 Å². The van der Waals surface area contributed by atoms with Gasteiger partial charge in [-0.3, -0.25) is 0 Å². The van der Waals surface area contributed by atoms with Crippen LogP contribution in [0.2, 0.25) is 0 Å². The van der Waals surface area contributed by atoms with Crippen molar-refractivity contribution in [3.63, 3.8) is 0 Å². The molecule has 0 spiro atoms. The van der Waals surface area contributed by atoms with Crippen LogP contribution in [-0.4, -0.2) is 5.54 Å². The number of rotatable bonds is 4. The predicted molar refractivity (Wildman–Crippen MR) is 229 cm³/mol. The molecular formula is C54H51N. The number of allylic oxidation sites excluding steroid dienone is 8. The molecule has 8 atom stereocenters. The van der Waals surface area contributed by atoms with Gasteiger partial charge >= 0.3 is 0 Å². The van der Waals surface area contributed by atoms with Crippen LogP contribution in [0.5, 0.6) is 0 Å². The average Bonchev–Trinajstić information content (AvgIpc) is 3.85. The molecule has 1 nitrogen and oxygen atoms in total. The lowest BCUT2D eigenvalue weighted by Gasteiger charge is -2.43. The second kappa shape index (κ2) is 12.8. The van der Waals surface area contributed by atoms with Crippen molar-refractivity contribution < 1.29 is 0 Å². The van der Waals surface area contributed by atoms with E-state index in [2.05, 4.69) is 172 Å². The van der Waals surface area contributed by atoms with Crippen molar-refractivity contribution in [2.75, 3.05) is 0 Å². The lowest BCUT2D eigenvalue weighted by atomic mass is 9.61. The highest BCUT2D eigenvalue weighted by atomic mass is 15.2. The molecule has 1 fully saturated rings. The maximum atomic E-state index is 4.09. The summed E-state index contributed by atoms with van der Waals surface area (Å²) in [6.07, 6.45) is 19.7. The molecule has 11 rings (SSSR count). The fraction of sp³-hybridized carbons (Fsp3) is 0.296. The summed E-state index contributed by atoms with van der Waals surface area (Å²) in [4.78, 5) is 0.